The smallest absolute Gasteiger partial charge is 0.387 e. The molecule has 2 aromatic rings. The number of phosphoric ester groups is 1. The molecule has 0 aliphatic carbocycles. The summed E-state index contributed by atoms with van der Waals surface area (Å²) in [5.41, 5.74) is 6.56. The van der Waals surface area contributed by atoms with Gasteiger partial charge in [0.1, 0.15) is 24.1 Å². The monoisotopic (exact) mass is 588 g/mol. The van der Waals surface area contributed by atoms with E-state index >= 15 is 0 Å². The number of hydrogen-bond acceptors (Lipinski definition) is 12. The summed E-state index contributed by atoms with van der Waals surface area (Å²) in [5.74, 6) is -0.882. The van der Waals surface area contributed by atoms with Crippen LogP contribution >= 0.6 is 23.5 Å². The Morgan fingerprint density at radius 1 is 1.05 bits per heavy atom. The SMILES string of the molecule is Nc1c(C(=O)NCc2ccccc2)ncn1[C@@H]1O[C@H](COP(=O)(O)OP(=O)(O)OP(=O)(O)O)[C@@H](O)[C@H]1O. The van der Waals surface area contributed by atoms with E-state index in [4.69, 9.17) is 20.3 Å². The molecule has 2 unspecified atom stereocenters. The second-order valence-electron chi connectivity index (χ2n) is 7.49. The van der Waals surface area contributed by atoms with Crippen molar-refractivity contribution in [3.05, 3.63) is 47.9 Å². The van der Waals surface area contributed by atoms with Gasteiger partial charge in [-0.1, -0.05) is 30.3 Å². The highest BCUT2D eigenvalue weighted by Crippen LogP contribution is 2.66. The number of ether oxygens (including phenoxy) is 1. The zero-order chi connectivity index (χ0) is 27.6. The minimum absolute atomic E-state index is 0.177. The fraction of sp³-hybridized carbons (Fsp3) is 0.375. The number of aromatic nitrogens is 2. The Bertz CT molecular complexity index is 1250. The summed E-state index contributed by atoms with van der Waals surface area (Å²) in [5, 5.41) is 23.2. The standard InChI is InChI=1S/C16H23N4O14P3/c17-14-11(15(23)18-6-9-4-2-1-3-5-9)19-8-20(14)16-13(22)12(21)10(32-16)7-31-36(27,28)34-37(29,30)33-35(24,25)26/h1-5,8,10,12-13,16,21-22H,6-7,17H2,(H,18,23)(H,27,28)(H,29,30)(H2,24,25,26)/t10-,12-,13-,16-/m1/s1. The van der Waals surface area contributed by atoms with Crippen LogP contribution in [0.3, 0.4) is 0 Å². The summed E-state index contributed by atoms with van der Waals surface area (Å²) in [6.45, 7) is -0.840. The van der Waals surface area contributed by atoms with Crippen LogP contribution in [0.4, 0.5) is 5.82 Å². The first-order chi connectivity index (χ1) is 17.1. The minimum atomic E-state index is -5.74. The number of carbonyl (C=O) groups excluding carboxylic acids is 1. The molecule has 21 heteroatoms. The summed E-state index contributed by atoms with van der Waals surface area (Å²) in [4.78, 5) is 52.2. The van der Waals surface area contributed by atoms with Crippen LogP contribution in [0.5, 0.6) is 0 Å². The summed E-state index contributed by atoms with van der Waals surface area (Å²) in [6.07, 6.45) is -5.38. The molecule has 37 heavy (non-hydrogen) atoms. The van der Waals surface area contributed by atoms with Gasteiger partial charge < -0.3 is 45.6 Å². The maximum Gasteiger partial charge on any atom is 0.490 e. The molecule has 0 spiro atoms. The molecule has 1 saturated heterocycles. The van der Waals surface area contributed by atoms with Gasteiger partial charge in [0.15, 0.2) is 11.9 Å². The van der Waals surface area contributed by atoms with Crippen LogP contribution in [0, 0.1) is 0 Å². The second-order valence-corrected chi connectivity index (χ2v) is 11.9. The first-order valence-electron chi connectivity index (χ1n) is 10.0. The van der Waals surface area contributed by atoms with Gasteiger partial charge in [-0.15, -0.1) is 0 Å². The van der Waals surface area contributed by atoms with Gasteiger partial charge >= 0.3 is 23.5 Å². The van der Waals surface area contributed by atoms with Crippen LogP contribution in [0.25, 0.3) is 0 Å². The highest BCUT2D eigenvalue weighted by Gasteiger charge is 2.47. The number of nitrogens with two attached hydrogens (primary N) is 1. The van der Waals surface area contributed by atoms with Gasteiger partial charge in [-0.05, 0) is 5.56 Å². The van der Waals surface area contributed by atoms with Crippen LogP contribution in [0.15, 0.2) is 36.7 Å². The molecule has 0 bridgehead atoms. The van der Waals surface area contributed by atoms with Gasteiger partial charge in [0.05, 0.1) is 12.9 Å². The maximum absolute atomic E-state index is 12.5. The summed E-state index contributed by atoms with van der Waals surface area (Å²) >= 11 is 0. The Morgan fingerprint density at radius 2 is 1.70 bits per heavy atom. The van der Waals surface area contributed by atoms with E-state index in [0.717, 1.165) is 16.5 Å². The van der Waals surface area contributed by atoms with Crippen LogP contribution < -0.4 is 11.1 Å². The molecule has 9 N–H and O–H groups in total. The number of nitrogens with zero attached hydrogens (tertiary/aromatic N) is 2. The normalized spacial score (nSPS) is 25.4. The highest BCUT2D eigenvalue weighted by molar-refractivity contribution is 7.66. The summed E-state index contributed by atoms with van der Waals surface area (Å²) < 4.78 is 51.9. The van der Waals surface area contributed by atoms with Gasteiger partial charge in [0, 0.05) is 6.54 Å². The Balaban J connectivity index is 1.63. The van der Waals surface area contributed by atoms with Crippen molar-refractivity contribution in [2.45, 2.75) is 31.1 Å². The van der Waals surface area contributed by atoms with Gasteiger partial charge in [0.2, 0.25) is 0 Å². The fourth-order valence-electron chi connectivity index (χ4n) is 3.18. The molecule has 0 saturated carbocycles. The van der Waals surface area contributed by atoms with E-state index in [0.29, 0.717) is 0 Å². The number of hydrogen-bond donors (Lipinski definition) is 8. The predicted molar refractivity (Wildman–Crippen MR) is 120 cm³/mol. The van der Waals surface area contributed by atoms with Crippen molar-refractivity contribution in [2.75, 3.05) is 12.3 Å². The lowest BCUT2D eigenvalue weighted by Gasteiger charge is -2.19. The van der Waals surface area contributed by atoms with Crippen molar-refractivity contribution in [1.29, 1.82) is 0 Å². The molecule has 1 fully saturated rings. The number of imidazole rings is 1. The van der Waals surface area contributed by atoms with Gasteiger partial charge in [-0.2, -0.15) is 8.62 Å². The van der Waals surface area contributed by atoms with Crippen molar-refractivity contribution < 1.29 is 66.2 Å². The number of phosphoric acid groups is 3. The highest BCUT2D eigenvalue weighted by atomic mass is 31.3. The lowest BCUT2D eigenvalue weighted by Crippen LogP contribution is -2.33. The molecule has 2 heterocycles. The minimum Gasteiger partial charge on any atom is -0.387 e. The van der Waals surface area contributed by atoms with Crippen LogP contribution in [-0.4, -0.2) is 70.2 Å². The van der Waals surface area contributed by atoms with Gasteiger partial charge in [-0.3, -0.25) is 13.9 Å². The van der Waals surface area contributed by atoms with E-state index < -0.39 is 60.5 Å². The first-order valence-corrected chi connectivity index (χ1v) is 14.5. The third kappa shape index (κ3) is 7.99. The molecule has 1 aromatic carbocycles. The van der Waals surface area contributed by atoms with E-state index in [1.807, 2.05) is 6.07 Å². The molecule has 1 aromatic heterocycles. The largest absolute Gasteiger partial charge is 0.490 e. The Kier molecular flexibility index (Phi) is 9.09. The van der Waals surface area contributed by atoms with E-state index in [-0.39, 0.29) is 18.1 Å². The Hall–Kier alpha value is -2.01. The lowest BCUT2D eigenvalue weighted by molar-refractivity contribution is -0.0510. The number of nitrogens with one attached hydrogen (secondary N) is 1. The second kappa shape index (κ2) is 11.4. The molecule has 1 amide bonds. The molecule has 18 nitrogen and oxygen atoms in total. The summed E-state index contributed by atoms with van der Waals surface area (Å²) in [7, 11) is -16.8. The molecule has 0 radical (unpaired) electrons. The van der Waals surface area contributed by atoms with Crippen molar-refractivity contribution >= 4 is 35.2 Å². The average Bonchev–Trinajstić information content (AvgIpc) is 3.28. The van der Waals surface area contributed by atoms with Crippen molar-refractivity contribution in [3.63, 3.8) is 0 Å². The first kappa shape index (κ1) is 29.5. The zero-order valence-electron chi connectivity index (χ0n) is 18.5. The Labute approximate surface area is 208 Å². The quantitative estimate of drug-likeness (QED) is 0.151. The molecular formula is C16H23N4O14P3. The van der Waals surface area contributed by atoms with Gasteiger partial charge in [-0.25, -0.2) is 18.7 Å². The molecular weight excluding hydrogens is 565 g/mol. The number of anilines is 1. The summed E-state index contributed by atoms with van der Waals surface area (Å²) in [6, 6.07) is 8.96. The third-order valence-electron chi connectivity index (χ3n) is 4.77. The number of nitrogen functional groups attached to an aromatic ring is 1. The van der Waals surface area contributed by atoms with E-state index in [1.54, 1.807) is 24.3 Å². The van der Waals surface area contributed by atoms with Crippen LogP contribution in [0.2, 0.25) is 0 Å². The number of rotatable bonds is 11. The number of aliphatic hydroxyl groups excluding tert-OH is 2. The van der Waals surface area contributed by atoms with Gasteiger partial charge in [0.25, 0.3) is 5.91 Å². The molecule has 3 rings (SSSR count). The maximum atomic E-state index is 12.5. The molecule has 1 aliphatic heterocycles. The van der Waals surface area contributed by atoms with E-state index in [2.05, 4.69) is 23.4 Å². The molecule has 1 aliphatic rings. The number of aliphatic hydroxyl groups is 2. The van der Waals surface area contributed by atoms with E-state index in [9.17, 15) is 38.5 Å². The van der Waals surface area contributed by atoms with Crippen LogP contribution in [0.1, 0.15) is 22.3 Å². The van der Waals surface area contributed by atoms with Crippen molar-refractivity contribution in [2.24, 2.45) is 0 Å². The number of carbonyl (C=O) groups is 1. The topological polar surface area (TPSA) is 282 Å². The van der Waals surface area contributed by atoms with Crippen LogP contribution in [-0.2, 0) is 38.1 Å². The molecule has 206 valence electrons. The lowest BCUT2D eigenvalue weighted by atomic mass is 10.1. The van der Waals surface area contributed by atoms with Crippen molar-refractivity contribution in [1.82, 2.24) is 14.9 Å². The Morgan fingerprint density at radius 3 is 2.32 bits per heavy atom. The van der Waals surface area contributed by atoms with E-state index in [1.165, 1.54) is 0 Å². The zero-order valence-corrected chi connectivity index (χ0v) is 21.1. The fourth-order valence-corrected chi connectivity index (χ4v) is 6.21. The number of benzene rings is 1. The predicted octanol–water partition coefficient (Wildman–Crippen LogP) is -0.642. The third-order valence-corrected chi connectivity index (χ3v) is 8.57. The molecule has 6 atom stereocenters. The number of amides is 1. The van der Waals surface area contributed by atoms with Crippen molar-refractivity contribution in [3.8, 4) is 0 Å². The average molecular weight is 588 g/mol.